The predicted octanol–water partition coefficient (Wildman–Crippen LogP) is -3.12. The van der Waals surface area contributed by atoms with E-state index in [0.29, 0.717) is 0 Å². The molecule has 28 heavy (non-hydrogen) atoms. The monoisotopic (exact) mass is 443 g/mol. The van der Waals surface area contributed by atoms with Crippen molar-refractivity contribution in [1.82, 2.24) is 9.55 Å². The van der Waals surface area contributed by atoms with Gasteiger partial charge in [0.15, 0.2) is 6.23 Å². The average Bonchev–Trinajstić information content (AvgIpc) is 2.79. The topological polar surface area (TPSA) is 230 Å². The van der Waals surface area contributed by atoms with Gasteiger partial charge in [0.05, 0.1) is 12.7 Å². The summed E-state index contributed by atoms with van der Waals surface area (Å²) in [7, 11) is -10.3. The van der Waals surface area contributed by atoms with Crippen molar-refractivity contribution in [3.05, 3.63) is 22.7 Å². The second-order valence-corrected chi connectivity index (χ2v) is 9.45. The largest absolute Gasteiger partial charge is 0.778 e. The number of ether oxygens (including phenoxy) is 1. The lowest BCUT2D eigenvalue weighted by atomic mass is 10.1. The van der Waals surface area contributed by atoms with Gasteiger partial charge in [-0.3, -0.25) is 13.4 Å². The summed E-state index contributed by atoms with van der Waals surface area (Å²) in [5.41, 5.74) is 4.46. The lowest BCUT2D eigenvalue weighted by Gasteiger charge is -2.32. The Hall–Kier alpha value is -1.18. The van der Waals surface area contributed by atoms with Crippen LogP contribution >= 0.6 is 15.4 Å². The second-order valence-electron chi connectivity index (χ2n) is 6.06. The zero-order chi connectivity index (χ0) is 21.3. The van der Waals surface area contributed by atoms with Crippen LogP contribution in [0.5, 0.6) is 0 Å². The van der Waals surface area contributed by atoms with Crippen LogP contribution in [0.2, 0.25) is 0 Å². The summed E-state index contributed by atoms with van der Waals surface area (Å²) in [6.45, 7) is 0.198. The quantitative estimate of drug-likeness (QED) is 0.292. The molecule has 160 valence electrons. The van der Waals surface area contributed by atoms with Gasteiger partial charge in [-0.15, -0.1) is 0 Å². The molecule has 16 heteroatoms. The average molecular weight is 443 g/mol. The third-order valence-corrected chi connectivity index (χ3v) is 6.81. The molecule has 1 aliphatic rings. The Balaban J connectivity index is 2.04. The molecule has 0 aromatic carbocycles. The first-order valence-electron chi connectivity index (χ1n) is 7.82. The van der Waals surface area contributed by atoms with E-state index in [1.165, 1.54) is 6.07 Å². The van der Waals surface area contributed by atoms with Crippen molar-refractivity contribution < 1.29 is 47.8 Å². The van der Waals surface area contributed by atoms with Gasteiger partial charge in [-0.25, -0.2) is 4.79 Å². The third-order valence-electron chi connectivity index (χ3n) is 3.57. The lowest BCUT2D eigenvalue weighted by Crippen LogP contribution is -2.36. The number of hydrogen-bond acceptors (Lipinski definition) is 13. The van der Waals surface area contributed by atoms with Crippen molar-refractivity contribution >= 4 is 21.2 Å². The van der Waals surface area contributed by atoms with E-state index in [1.54, 1.807) is 0 Å². The highest BCUT2D eigenvalue weighted by Gasteiger charge is 2.44. The summed E-state index contributed by atoms with van der Waals surface area (Å²) in [6, 6.07) is 1.24. The molecule has 0 amide bonds. The Kier molecular flexibility index (Phi) is 7.16. The maximum Gasteiger partial charge on any atom is 0.351 e. The molecule has 5 N–H and O–H groups in total. The lowest BCUT2D eigenvalue weighted by molar-refractivity contribution is -0.234. The van der Waals surface area contributed by atoms with E-state index >= 15 is 0 Å². The maximum absolute atomic E-state index is 11.8. The van der Waals surface area contributed by atoms with Crippen LogP contribution in [0, 0.1) is 0 Å². The highest BCUT2D eigenvalue weighted by Crippen LogP contribution is 2.55. The Morgan fingerprint density at radius 1 is 1.39 bits per heavy atom. The first kappa shape index (κ1) is 23.1. The minimum Gasteiger partial charge on any atom is -0.778 e. The molecule has 1 fully saturated rings. The molecule has 7 atom stereocenters. The van der Waals surface area contributed by atoms with Crippen LogP contribution in [0.4, 0.5) is 5.82 Å². The molecule has 0 bridgehead atoms. The normalized spacial score (nSPS) is 30.5. The summed E-state index contributed by atoms with van der Waals surface area (Å²) in [4.78, 5) is 38.4. The van der Waals surface area contributed by atoms with E-state index in [1.807, 2.05) is 0 Å². The summed E-state index contributed by atoms with van der Waals surface area (Å²) in [6.07, 6.45) is -7.37. The van der Waals surface area contributed by atoms with Gasteiger partial charge in [-0.1, -0.05) is 0 Å². The smallest absolute Gasteiger partial charge is 0.351 e. The van der Waals surface area contributed by atoms with Crippen LogP contribution in [-0.2, 0) is 22.7 Å². The second kappa shape index (κ2) is 8.67. The zero-order valence-electron chi connectivity index (χ0n) is 14.4. The van der Waals surface area contributed by atoms with E-state index in [0.717, 1.165) is 17.7 Å². The van der Waals surface area contributed by atoms with Crippen LogP contribution < -0.4 is 21.2 Å². The Labute approximate surface area is 158 Å². The molecule has 0 spiro atoms. The Morgan fingerprint density at radius 2 is 2.04 bits per heavy atom. The minimum atomic E-state index is -5.38. The number of hydrogen-bond donors (Lipinski definition) is 4. The number of aromatic nitrogens is 2. The van der Waals surface area contributed by atoms with Crippen LogP contribution in [0.15, 0.2) is 17.1 Å². The van der Waals surface area contributed by atoms with Crippen molar-refractivity contribution in [1.29, 1.82) is 0 Å². The molecule has 0 aliphatic carbocycles. The number of phosphoric acid groups is 1. The number of phosphoric ester groups is 1. The fraction of sp³-hybridized carbons (Fsp3) is 0.667. The molecule has 2 unspecified atom stereocenters. The fourth-order valence-electron chi connectivity index (χ4n) is 2.41. The van der Waals surface area contributed by atoms with Crippen molar-refractivity contribution in [3.8, 4) is 0 Å². The van der Waals surface area contributed by atoms with Gasteiger partial charge in [0.1, 0.15) is 31.7 Å². The van der Waals surface area contributed by atoms with Crippen LogP contribution in [0.1, 0.15) is 13.2 Å². The molecule has 0 saturated carbocycles. The van der Waals surface area contributed by atoms with Crippen molar-refractivity contribution in [3.63, 3.8) is 0 Å². The third kappa shape index (κ3) is 5.91. The summed E-state index contributed by atoms with van der Waals surface area (Å²) in [5.74, 6) is -0.0853. The van der Waals surface area contributed by atoms with E-state index in [2.05, 4.69) is 13.8 Å². The predicted molar refractivity (Wildman–Crippen MR) is 87.6 cm³/mol. The zero-order valence-corrected chi connectivity index (χ0v) is 16.2. The fourth-order valence-corrected chi connectivity index (χ4v) is 5.06. The van der Waals surface area contributed by atoms with Crippen LogP contribution in [0.25, 0.3) is 0 Å². The van der Waals surface area contributed by atoms with Crippen molar-refractivity contribution in [2.24, 2.45) is 0 Å². The number of anilines is 1. The van der Waals surface area contributed by atoms with E-state index in [4.69, 9.17) is 15.6 Å². The van der Waals surface area contributed by atoms with E-state index in [-0.39, 0.29) is 5.82 Å². The molecular weight excluding hydrogens is 424 g/mol. The van der Waals surface area contributed by atoms with E-state index < -0.39 is 64.5 Å². The number of rotatable bonds is 8. The molecule has 1 aromatic heterocycles. The summed E-state index contributed by atoms with van der Waals surface area (Å²) < 4.78 is 37.5. The van der Waals surface area contributed by atoms with E-state index in [9.17, 15) is 33.9 Å². The number of nitrogen functional groups attached to an aromatic ring is 1. The molecule has 1 saturated heterocycles. The standard InChI is InChI=1S/C12H21N3O11P2/c1-6(16)5-27(20,21)26-28(22,23)24-4-7-9(17)10(18)11(25-7)15-3-2-8(13)14-12(15)19/h2-3,6-7,9-11,16-18H,4-5H2,1H3,(H,20,21)(H,22,23)(H2,13,14,19)/p-2/t6-,7+,9+,10+,11+/m0/s1. The maximum atomic E-state index is 11.8. The van der Waals surface area contributed by atoms with Gasteiger partial charge in [0.2, 0.25) is 0 Å². The first-order valence-corrected chi connectivity index (χ1v) is 11.0. The van der Waals surface area contributed by atoms with Crippen LogP contribution in [0.3, 0.4) is 0 Å². The summed E-state index contributed by atoms with van der Waals surface area (Å²) in [5, 5.41) is 29.0. The Bertz CT molecular complexity index is 846. The molecule has 1 aromatic rings. The molecular formula is C12H19N3O11P2-2. The van der Waals surface area contributed by atoms with Gasteiger partial charge in [-0.2, -0.15) is 4.98 Å². The number of nitrogens with zero attached hydrogens (tertiary/aromatic N) is 2. The van der Waals surface area contributed by atoms with Gasteiger partial charge in [-0.05, 0) is 13.0 Å². The number of nitrogens with two attached hydrogens (primary N) is 1. The summed E-state index contributed by atoms with van der Waals surface area (Å²) >= 11 is 0. The number of aliphatic hydroxyl groups is 3. The molecule has 2 heterocycles. The van der Waals surface area contributed by atoms with Gasteiger partial charge >= 0.3 is 5.69 Å². The Morgan fingerprint density at radius 3 is 2.61 bits per heavy atom. The van der Waals surface area contributed by atoms with Gasteiger partial charge in [0, 0.05) is 12.4 Å². The SMILES string of the molecule is C[C@H](O)CP(=O)([O-])OP(=O)([O-])OC[C@H]1O[C@@H](n2ccc(N)nc2=O)[C@H](O)[C@@H]1O. The number of aliphatic hydroxyl groups excluding tert-OH is 3. The molecule has 0 radical (unpaired) electrons. The van der Waals surface area contributed by atoms with Gasteiger partial charge < -0.3 is 44.7 Å². The minimum absolute atomic E-state index is 0.0853. The molecule has 1 aliphatic heterocycles. The highest BCUT2D eigenvalue weighted by atomic mass is 31.3. The van der Waals surface area contributed by atoms with Crippen molar-refractivity contribution in [2.45, 2.75) is 37.6 Å². The van der Waals surface area contributed by atoms with Crippen molar-refractivity contribution in [2.75, 3.05) is 18.5 Å². The van der Waals surface area contributed by atoms with Gasteiger partial charge in [0.25, 0.3) is 7.82 Å². The highest BCUT2D eigenvalue weighted by molar-refractivity contribution is 7.62. The molecule has 2 rings (SSSR count). The first-order chi connectivity index (χ1) is 12.8. The molecule has 14 nitrogen and oxygen atoms in total. The van der Waals surface area contributed by atoms with Crippen LogP contribution in [-0.4, -0.2) is 62.1 Å².